The molecule has 3 rings (SSSR count). The molecule has 0 aliphatic heterocycles. The number of rotatable bonds is 5. The first kappa shape index (κ1) is 17.8. The van der Waals surface area contributed by atoms with E-state index in [4.69, 9.17) is 9.47 Å². The van der Waals surface area contributed by atoms with Crippen LogP contribution in [0, 0.1) is 0 Å². The molecule has 1 aromatic heterocycles. The van der Waals surface area contributed by atoms with Crippen molar-refractivity contribution in [3.63, 3.8) is 0 Å². The molecule has 0 unspecified atom stereocenters. The van der Waals surface area contributed by atoms with Crippen LogP contribution in [-0.4, -0.2) is 29.2 Å². The van der Waals surface area contributed by atoms with Gasteiger partial charge in [-0.05, 0) is 49.4 Å². The van der Waals surface area contributed by atoms with Crippen LogP contribution in [0.25, 0.3) is 22.4 Å². The fourth-order valence-corrected chi connectivity index (χ4v) is 2.38. The fraction of sp³-hybridized carbons (Fsp3) is 0.222. The number of esters is 1. The molecule has 5 nitrogen and oxygen atoms in total. The molecule has 3 aromatic rings. The number of benzene rings is 2. The van der Waals surface area contributed by atoms with Crippen molar-refractivity contribution >= 4 is 17.0 Å². The van der Waals surface area contributed by atoms with Crippen molar-refractivity contribution in [3.05, 3.63) is 48.0 Å². The van der Waals surface area contributed by atoms with Gasteiger partial charge in [-0.25, -0.2) is 9.78 Å². The van der Waals surface area contributed by atoms with E-state index in [0.717, 1.165) is 12.1 Å². The molecule has 0 amide bonds. The van der Waals surface area contributed by atoms with Crippen LogP contribution in [0.15, 0.2) is 42.5 Å². The first-order valence-electron chi connectivity index (χ1n) is 7.82. The number of nitrogens with zero attached hydrogens (tertiary/aromatic N) is 1. The van der Waals surface area contributed by atoms with Crippen molar-refractivity contribution in [1.82, 2.24) is 9.97 Å². The Balaban J connectivity index is 1.77. The third-order valence-corrected chi connectivity index (χ3v) is 3.60. The molecule has 0 bridgehead atoms. The summed E-state index contributed by atoms with van der Waals surface area (Å²) < 4.78 is 48.4. The highest BCUT2D eigenvalue weighted by Crippen LogP contribution is 2.31. The zero-order valence-corrected chi connectivity index (χ0v) is 13.8. The summed E-state index contributed by atoms with van der Waals surface area (Å²) >= 11 is 0. The summed E-state index contributed by atoms with van der Waals surface area (Å²) in [6.07, 6.45) is -4.41. The van der Waals surface area contributed by atoms with Gasteiger partial charge in [-0.15, -0.1) is 0 Å². The summed E-state index contributed by atoms with van der Waals surface area (Å²) in [4.78, 5) is 18.4. The minimum absolute atomic E-state index is 0.196. The van der Waals surface area contributed by atoms with E-state index in [1.807, 2.05) is 0 Å². The van der Waals surface area contributed by atoms with Crippen LogP contribution in [0.2, 0.25) is 0 Å². The average molecular weight is 364 g/mol. The summed E-state index contributed by atoms with van der Waals surface area (Å²) in [5.41, 5.74) is 0.689. The summed E-state index contributed by atoms with van der Waals surface area (Å²) in [6.45, 7) is 1.79. The number of aromatic amines is 1. The molecule has 26 heavy (non-hydrogen) atoms. The highest BCUT2D eigenvalue weighted by atomic mass is 19.4. The van der Waals surface area contributed by atoms with Crippen molar-refractivity contribution in [1.29, 1.82) is 0 Å². The third kappa shape index (κ3) is 3.96. The zero-order valence-electron chi connectivity index (χ0n) is 13.8. The Hall–Kier alpha value is -3.03. The summed E-state index contributed by atoms with van der Waals surface area (Å²) in [5, 5.41) is 0. The molecule has 0 radical (unpaired) electrons. The maximum Gasteiger partial charge on any atom is 0.416 e. The molecule has 0 fully saturated rings. The molecule has 136 valence electrons. The number of hydrogen-bond acceptors (Lipinski definition) is 4. The summed E-state index contributed by atoms with van der Waals surface area (Å²) in [5.74, 6) is 0.447. The van der Waals surface area contributed by atoms with Gasteiger partial charge in [0, 0.05) is 5.56 Å². The molecule has 0 spiro atoms. The molecule has 8 heteroatoms. The molecule has 0 aliphatic rings. The van der Waals surface area contributed by atoms with E-state index < -0.39 is 17.7 Å². The maximum absolute atomic E-state index is 12.8. The molecule has 2 aromatic carbocycles. The lowest BCUT2D eigenvalue weighted by Gasteiger charge is -2.06. The number of nitrogens with one attached hydrogen (secondary N) is 1. The van der Waals surface area contributed by atoms with Gasteiger partial charge in [0.2, 0.25) is 0 Å². The lowest BCUT2D eigenvalue weighted by atomic mass is 10.2. The second-order valence-corrected chi connectivity index (χ2v) is 5.43. The Kier molecular flexibility index (Phi) is 4.83. The van der Waals surface area contributed by atoms with Crippen molar-refractivity contribution in [2.45, 2.75) is 13.1 Å². The molecular formula is C18H15F3N2O3. The Morgan fingerprint density at radius 3 is 2.54 bits per heavy atom. The molecule has 0 saturated heterocycles. The summed E-state index contributed by atoms with van der Waals surface area (Å²) in [6, 6.07) is 10.0. The zero-order chi connectivity index (χ0) is 18.7. The Labute approximate surface area is 146 Å². The SMILES string of the molecule is CCOC(=O)COc1ccc(-c2nc3ccc(C(F)(F)F)cc3[nH]2)cc1. The van der Waals surface area contributed by atoms with Crippen LogP contribution in [0.4, 0.5) is 13.2 Å². The standard InChI is InChI=1S/C18H15F3N2O3/c1-2-25-16(24)10-26-13-6-3-11(4-7-13)17-22-14-8-5-12(18(19,20)21)9-15(14)23-17/h3-9H,2,10H2,1H3,(H,22,23). The van der Waals surface area contributed by atoms with Gasteiger partial charge in [0.1, 0.15) is 11.6 Å². The second-order valence-electron chi connectivity index (χ2n) is 5.43. The van der Waals surface area contributed by atoms with Crippen LogP contribution in [0.3, 0.4) is 0 Å². The van der Waals surface area contributed by atoms with Gasteiger partial charge in [0.05, 0.1) is 23.2 Å². The predicted molar refractivity (Wildman–Crippen MR) is 88.7 cm³/mol. The lowest BCUT2D eigenvalue weighted by molar-refractivity contribution is -0.145. The number of imidazole rings is 1. The van der Waals surface area contributed by atoms with Crippen molar-refractivity contribution in [2.24, 2.45) is 0 Å². The number of fused-ring (bicyclic) bond motifs is 1. The first-order valence-corrected chi connectivity index (χ1v) is 7.82. The topological polar surface area (TPSA) is 64.2 Å². The molecule has 0 aliphatic carbocycles. The van der Waals surface area contributed by atoms with Crippen LogP contribution in [0.1, 0.15) is 12.5 Å². The number of H-pyrrole nitrogens is 1. The third-order valence-electron chi connectivity index (χ3n) is 3.60. The van der Waals surface area contributed by atoms with Crippen LogP contribution in [0.5, 0.6) is 5.75 Å². The van der Waals surface area contributed by atoms with Gasteiger partial charge in [-0.3, -0.25) is 0 Å². The number of carbonyl (C=O) groups excluding carboxylic acids is 1. The van der Waals surface area contributed by atoms with E-state index in [2.05, 4.69) is 9.97 Å². The molecule has 1 N–H and O–H groups in total. The Morgan fingerprint density at radius 2 is 1.88 bits per heavy atom. The monoisotopic (exact) mass is 364 g/mol. The molecule has 1 heterocycles. The Bertz CT molecular complexity index is 918. The molecular weight excluding hydrogens is 349 g/mol. The minimum Gasteiger partial charge on any atom is -0.482 e. The highest BCUT2D eigenvalue weighted by Gasteiger charge is 2.30. The fourth-order valence-electron chi connectivity index (χ4n) is 2.38. The average Bonchev–Trinajstić information content (AvgIpc) is 3.03. The molecule has 0 saturated carbocycles. The summed E-state index contributed by atoms with van der Waals surface area (Å²) in [7, 11) is 0. The van der Waals surface area contributed by atoms with Gasteiger partial charge in [0.15, 0.2) is 6.61 Å². The normalized spacial score (nSPS) is 11.5. The van der Waals surface area contributed by atoms with Crippen LogP contribution >= 0.6 is 0 Å². The smallest absolute Gasteiger partial charge is 0.416 e. The number of halogens is 3. The van der Waals surface area contributed by atoms with Crippen molar-refractivity contribution in [3.8, 4) is 17.1 Å². The largest absolute Gasteiger partial charge is 0.482 e. The van der Waals surface area contributed by atoms with Crippen LogP contribution < -0.4 is 4.74 Å². The lowest BCUT2D eigenvalue weighted by Crippen LogP contribution is -2.14. The Morgan fingerprint density at radius 1 is 1.15 bits per heavy atom. The van der Waals surface area contributed by atoms with Gasteiger partial charge in [-0.2, -0.15) is 13.2 Å². The number of alkyl halides is 3. The maximum atomic E-state index is 12.8. The highest BCUT2D eigenvalue weighted by molar-refractivity contribution is 5.80. The number of aromatic nitrogens is 2. The van der Waals surface area contributed by atoms with E-state index in [1.54, 1.807) is 31.2 Å². The van der Waals surface area contributed by atoms with Gasteiger partial charge >= 0.3 is 12.1 Å². The number of ether oxygens (including phenoxy) is 2. The van der Waals surface area contributed by atoms with E-state index in [0.29, 0.717) is 28.2 Å². The second kappa shape index (κ2) is 7.07. The van der Waals surface area contributed by atoms with Gasteiger partial charge in [0.25, 0.3) is 0 Å². The van der Waals surface area contributed by atoms with E-state index >= 15 is 0 Å². The first-order chi connectivity index (χ1) is 12.4. The van der Waals surface area contributed by atoms with Crippen LogP contribution in [-0.2, 0) is 15.7 Å². The number of hydrogen-bond donors (Lipinski definition) is 1. The predicted octanol–water partition coefficient (Wildman–Crippen LogP) is 4.19. The van der Waals surface area contributed by atoms with Crippen molar-refractivity contribution < 1.29 is 27.4 Å². The van der Waals surface area contributed by atoms with E-state index in [-0.39, 0.29) is 13.2 Å². The van der Waals surface area contributed by atoms with E-state index in [9.17, 15) is 18.0 Å². The van der Waals surface area contributed by atoms with E-state index in [1.165, 1.54) is 6.07 Å². The number of carbonyl (C=O) groups is 1. The van der Waals surface area contributed by atoms with Gasteiger partial charge < -0.3 is 14.5 Å². The molecule has 0 atom stereocenters. The quantitative estimate of drug-likeness (QED) is 0.690. The minimum atomic E-state index is -4.41. The van der Waals surface area contributed by atoms with Crippen molar-refractivity contribution in [2.75, 3.05) is 13.2 Å². The van der Waals surface area contributed by atoms with Gasteiger partial charge in [-0.1, -0.05) is 0 Å².